The summed E-state index contributed by atoms with van der Waals surface area (Å²) in [4.78, 5) is 27.2. The lowest BCUT2D eigenvalue weighted by Crippen LogP contribution is -2.49. The van der Waals surface area contributed by atoms with Gasteiger partial charge in [-0.3, -0.25) is 4.79 Å². The van der Waals surface area contributed by atoms with Gasteiger partial charge in [0.25, 0.3) is 0 Å². The van der Waals surface area contributed by atoms with Crippen molar-refractivity contribution in [3.63, 3.8) is 0 Å². The summed E-state index contributed by atoms with van der Waals surface area (Å²) in [6.45, 7) is 5.97. The smallest absolute Gasteiger partial charge is 0.243 e. The number of guanidine groups is 1. The highest BCUT2D eigenvalue weighted by Crippen LogP contribution is 2.27. The number of halogens is 1. The van der Waals surface area contributed by atoms with Gasteiger partial charge >= 0.3 is 0 Å². The summed E-state index contributed by atoms with van der Waals surface area (Å²) < 4.78 is 2.19. The molecule has 1 amide bonds. The van der Waals surface area contributed by atoms with Gasteiger partial charge < -0.3 is 24.6 Å². The second kappa shape index (κ2) is 13.4. The number of hydrogen-bond acceptors (Lipinski definition) is 4. The van der Waals surface area contributed by atoms with Crippen LogP contribution in [0.25, 0.3) is 0 Å². The number of nitrogens with one attached hydrogen (secondary N) is 1. The Morgan fingerprint density at radius 3 is 2.67 bits per heavy atom. The van der Waals surface area contributed by atoms with E-state index in [-0.39, 0.29) is 36.4 Å². The average molecular weight is 568 g/mol. The van der Waals surface area contributed by atoms with E-state index in [0.717, 1.165) is 45.0 Å². The van der Waals surface area contributed by atoms with Crippen LogP contribution in [0.3, 0.4) is 0 Å². The number of piperidine rings is 1. The van der Waals surface area contributed by atoms with Crippen molar-refractivity contribution in [1.29, 1.82) is 0 Å². The Morgan fingerprint density at radius 2 is 2.00 bits per heavy atom. The maximum absolute atomic E-state index is 12.2. The predicted octanol–water partition coefficient (Wildman–Crippen LogP) is 2.94. The Labute approximate surface area is 215 Å². The molecule has 0 saturated carbocycles. The minimum absolute atomic E-state index is 0. The molecule has 1 aliphatic rings. The number of likely N-dealkylation sites (tertiary alicyclic amines) is 1. The number of imidazole rings is 1. The number of para-hydroxylation sites is 1. The summed E-state index contributed by atoms with van der Waals surface area (Å²) in [6.07, 6.45) is 7.80. The second-order valence-electron chi connectivity index (χ2n) is 8.75. The topological polar surface area (TPSA) is 69.0 Å². The number of rotatable bonds is 8. The molecule has 1 N–H and O–H groups in total. The van der Waals surface area contributed by atoms with Crippen LogP contribution in [-0.4, -0.2) is 85.1 Å². The first-order valence-electron chi connectivity index (χ1n) is 11.4. The van der Waals surface area contributed by atoms with E-state index in [1.165, 1.54) is 5.69 Å². The number of benzene rings is 1. The summed E-state index contributed by atoms with van der Waals surface area (Å²) in [5.41, 5.74) is 1.21. The highest BCUT2D eigenvalue weighted by Gasteiger charge is 2.29. The third-order valence-corrected chi connectivity index (χ3v) is 6.14. The molecule has 0 bridgehead atoms. The third-order valence-electron chi connectivity index (χ3n) is 6.14. The van der Waals surface area contributed by atoms with E-state index in [4.69, 9.17) is 0 Å². The number of amides is 1. The molecule has 2 heterocycles. The van der Waals surface area contributed by atoms with Gasteiger partial charge in [-0.25, -0.2) is 9.98 Å². The van der Waals surface area contributed by atoms with E-state index < -0.39 is 0 Å². The van der Waals surface area contributed by atoms with Crippen LogP contribution >= 0.6 is 24.0 Å². The number of aliphatic imine (C=N–C) groups is 1. The van der Waals surface area contributed by atoms with Crippen molar-refractivity contribution < 1.29 is 4.79 Å². The van der Waals surface area contributed by atoms with Crippen molar-refractivity contribution in [3.05, 3.63) is 49.1 Å². The molecule has 0 aliphatic carbocycles. The van der Waals surface area contributed by atoms with Crippen LogP contribution in [0.15, 0.2) is 54.0 Å². The van der Waals surface area contributed by atoms with Gasteiger partial charge in [-0.15, -0.1) is 24.0 Å². The standard InChI is InChI=1S/C24H37N7O.HI/c1-20-11-15-30(18-22(20)31-16-13-25-19-31)24(27-17-23(32)28(2)3)26-12-8-14-29(4)21-9-6-5-7-10-21;/h5-7,9-10,13,16,19-20,22H,8,11-12,14-15,17-18H2,1-4H3,(H,26,27);1H. The molecular formula is C24H38IN7O. The fraction of sp³-hybridized carbons (Fsp3) is 0.542. The maximum Gasteiger partial charge on any atom is 0.243 e. The van der Waals surface area contributed by atoms with Gasteiger partial charge in [-0.1, -0.05) is 25.1 Å². The lowest BCUT2D eigenvalue weighted by molar-refractivity contribution is -0.127. The lowest BCUT2D eigenvalue weighted by atomic mass is 9.93. The lowest BCUT2D eigenvalue weighted by Gasteiger charge is -2.39. The van der Waals surface area contributed by atoms with Crippen LogP contribution in [-0.2, 0) is 4.79 Å². The first-order valence-corrected chi connectivity index (χ1v) is 11.4. The van der Waals surface area contributed by atoms with Crippen LogP contribution in [0.2, 0.25) is 0 Å². The summed E-state index contributed by atoms with van der Waals surface area (Å²) in [5.74, 6) is 1.38. The Bertz CT molecular complexity index is 857. The predicted molar refractivity (Wildman–Crippen MR) is 145 cm³/mol. The Hall–Kier alpha value is -2.30. The molecule has 1 aromatic carbocycles. The van der Waals surface area contributed by atoms with Crippen LogP contribution in [0.4, 0.5) is 5.69 Å². The quantitative estimate of drug-likeness (QED) is 0.230. The number of nitrogens with zero attached hydrogens (tertiary/aromatic N) is 6. The van der Waals surface area contributed by atoms with Crippen LogP contribution in [0, 0.1) is 5.92 Å². The van der Waals surface area contributed by atoms with E-state index in [1.807, 2.05) is 24.8 Å². The average Bonchev–Trinajstić information content (AvgIpc) is 3.34. The molecule has 182 valence electrons. The van der Waals surface area contributed by atoms with Gasteiger partial charge in [0.1, 0.15) is 6.54 Å². The Balaban J connectivity index is 0.00000385. The highest BCUT2D eigenvalue weighted by atomic mass is 127. The first kappa shape index (κ1) is 26.9. The fourth-order valence-electron chi connectivity index (χ4n) is 3.97. The minimum Gasteiger partial charge on any atom is -0.375 e. The molecule has 8 nitrogen and oxygen atoms in total. The van der Waals surface area contributed by atoms with Crippen LogP contribution in [0.5, 0.6) is 0 Å². The molecule has 1 fully saturated rings. The zero-order valence-corrected chi connectivity index (χ0v) is 22.6. The SMILES string of the molecule is CC1CCN(C(=NCC(=O)N(C)C)NCCCN(C)c2ccccc2)CC1n1ccnc1.I. The molecular weight excluding hydrogens is 529 g/mol. The first-order chi connectivity index (χ1) is 15.5. The highest BCUT2D eigenvalue weighted by molar-refractivity contribution is 14.0. The molecule has 1 aromatic heterocycles. The second-order valence-corrected chi connectivity index (χ2v) is 8.75. The van der Waals surface area contributed by atoms with Crippen molar-refractivity contribution in [3.8, 4) is 0 Å². The summed E-state index contributed by atoms with van der Waals surface area (Å²) in [5, 5.41) is 3.52. The minimum atomic E-state index is 0. The van der Waals surface area contributed by atoms with Crippen molar-refractivity contribution >= 4 is 41.5 Å². The maximum atomic E-state index is 12.2. The number of carbonyl (C=O) groups is 1. The zero-order valence-electron chi connectivity index (χ0n) is 20.2. The molecule has 1 aliphatic heterocycles. The van der Waals surface area contributed by atoms with Gasteiger partial charge in [0.05, 0.1) is 12.4 Å². The van der Waals surface area contributed by atoms with E-state index >= 15 is 0 Å². The van der Waals surface area contributed by atoms with E-state index in [0.29, 0.717) is 12.0 Å². The summed E-state index contributed by atoms with van der Waals surface area (Å²) in [7, 11) is 5.64. The van der Waals surface area contributed by atoms with E-state index in [1.54, 1.807) is 19.0 Å². The number of carbonyl (C=O) groups excluding carboxylic acids is 1. The number of aromatic nitrogens is 2. The molecule has 33 heavy (non-hydrogen) atoms. The van der Waals surface area contributed by atoms with Gasteiger partial charge in [0.15, 0.2) is 5.96 Å². The summed E-state index contributed by atoms with van der Waals surface area (Å²) in [6, 6.07) is 10.7. The Morgan fingerprint density at radius 1 is 1.24 bits per heavy atom. The largest absolute Gasteiger partial charge is 0.375 e. The third kappa shape index (κ3) is 7.90. The van der Waals surface area contributed by atoms with Crippen molar-refractivity contribution in [2.45, 2.75) is 25.8 Å². The molecule has 0 radical (unpaired) electrons. The zero-order chi connectivity index (χ0) is 22.9. The molecule has 2 unspecified atom stereocenters. The van der Waals surface area contributed by atoms with Crippen LogP contribution < -0.4 is 10.2 Å². The Kier molecular flexibility index (Phi) is 11.0. The molecule has 2 aromatic rings. The summed E-state index contributed by atoms with van der Waals surface area (Å²) >= 11 is 0. The van der Waals surface area contributed by atoms with Crippen LogP contribution in [0.1, 0.15) is 25.8 Å². The number of anilines is 1. The van der Waals surface area contributed by atoms with Gasteiger partial charge in [-0.05, 0) is 30.9 Å². The van der Waals surface area contributed by atoms with Crippen molar-refractivity contribution in [2.75, 3.05) is 58.8 Å². The van der Waals surface area contributed by atoms with E-state index in [2.05, 4.69) is 67.9 Å². The van der Waals surface area contributed by atoms with Gasteiger partial charge in [-0.2, -0.15) is 0 Å². The molecule has 3 rings (SSSR count). The fourth-order valence-corrected chi connectivity index (χ4v) is 3.97. The normalized spacial score (nSPS) is 18.4. The molecule has 1 saturated heterocycles. The van der Waals surface area contributed by atoms with Crippen molar-refractivity contribution in [1.82, 2.24) is 24.7 Å². The molecule has 2 atom stereocenters. The van der Waals surface area contributed by atoms with Gasteiger partial charge in [0, 0.05) is 65.4 Å². The number of hydrogen-bond donors (Lipinski definition) is 1. The number of likely N-dealkylation sites (N-methyl/N-ethyl adjacent to an activating group) is 1. The van der Waals surface area contributed by atoms with Gasteiger partial charge in [0.2, 0.25) is 5.91 Å². The van der Waals surface area contributed by atoms with Crippen molar-refractivity contribution in [2.24, 2.45) is 10.9 Å². The molecule has 0 spiro atoms. The molecule has 9 heteroatoms. The monoisotopic (exact) mass is 567 g/mol. The van der Waals surface area contributed by atoms with E-state index in [9.17, 15) is 4.79 Å².